The zero-order valence-corrected chi connectivity index (χ0v) is 18.6. The van der Waals surface area contributed by atoms with E-state index in [0.29, 0.717) is 25.8 Å². The molecular weight excluding hydrogens is 390 g/mol. The molecule has 168 valence electrons. The van der Waals surface area contributed by atoms with Gasteiger partial charge in [0, 0.05) is 37.8 Å². The van der Waals surface area contributed by atoms with E-state index in [-0.39, 0.29) is 0 Å². The number of aliphatic hydroxyl groups excluding tert-OH is 1. The molecule has 2 aliphatic rings. The standard InChI is InChI=1S/C25H35N3O3/c1-3-15-30-18-22(29)16-28(21-9-10-21)17-23-24(20-7-5-4-6-8-20)26-31-25(23)27-13-11-19(2)12-14-27/h3-8,19,21-22,29H,1,9-18H2,2H3. The van der Waals surface area contributed by atoms with E-state index in [1.165, 1.54) is 25.7 Å². The first kappa shape index (κ1) is 22.1. The highest BCUT2D eigenvalue weighted by molar-refractivity contribution is 5.68. The van der Waals surface area contributed by atoms with Crippen LogP contribution < -0.4 is 4.90 Å². The number of nitrogens with zero attached hydrogens (tertiary/aromatic N) is 3. The van der Waals surface area contributed by atoms with Crippen LogP contribution in [0.25, 0.3) is 11.3 Å². The Hall–Kier alpha value is -2.15. The molecule has 1 saturated heterocycles. The normalized spacial score (nSPS) is 18.5. The number of anilines is 1. The molecule has 2 fully saturated rings. The van der Waals surface area contributed by atoms with Crippen LogP contribution in [0.4, 0.5) is 5.88 Å². The Labute approximate surface area is 185 Å². The number of rotatable bonds is 11. The largest absolute Gasteiger partial charge is 0.389 e. The molecule has 0 radical (unpaired) electrons. The summed E-state index contributed by atoms with van der Waals surface area (Å²) in [5.74, 6) is 1.65. The van der Waals surface area contributed by atoms with Gasteiger partial charge in [0.1, 0.15) is 5.69 Å². The fraction of sp³-hybridized carbons (Fsp3) is 0.560. The van der Waals surface area contributed by atoms with Crippen LogP contribution in [0.5, 0.6) is 0 Å². The first-order valence-corrected chi connectivity index (χ1v) is 11.6. The predicted octanol–water partition coefficient (Wildman–Crippen LogP) is 4.11. The van der Waals surface area contributed by atoms with Gasteiger partial charge in [0.05, 0.1) is 24.9 Å². The van der Waals surface area contributed by atoms with Crippen LogP contribution in [0.3, 0.4) is 0 Å². The van der Waals surface area contributed by atoms with Gasteiger partial charge in [-0.15, -0.1) is 6.58 Å². The third-order valence-corrected chi connectivity index (χ3v) is 6.30. The number of aromatic nitrogens is 1. The van der Waals surface area contributed by atoms with Crippen molar-refractivity contribution in [1.29, 1.82) is 0 Å². The number of hydrogen-bond donors (Lipinski definition) is 1. The van der Waals surface area contributed by atoms with Crippen LogP contribution in [0.15, 0.2) is 47.5 Å². The molecular formula is C25H35N3O3. The molecule has 0 bridgehead atoms. The molecule has 2 aromatic rings. The minimum absolute atomic E-state index is 0.321. The summed E-state index contributed by atoms with van der Waals surface area (Å²) < 4.78 is 11.4. The molecule has 1 saturated carbocycles. The number of aliphatic hydroxyl groups is 1. The summed E-state index contributed by atoms with van der Waals surface area (Å²) in [4.78, 5) is 4.72. The Bertz CT molecular complexity index is 826. The zero-order valence-electron chi connectivity index (χ0n) is 18.6. The molecule has 1 atom stereocenters. The molecule has 4 rings (SSSR count). The lowest BCUT2D eigenvalue weighted by Gasteiger charge is -2.31. The second kappa shape index (κ2) is 10.4. The van der Waals surface area contributed by atoms with Crippen LogP contribution in [0.2, 0.25) is 0 Å². The van der Waals surface area contributed by atoms with Gasteiger partial charge in [-0.2, -0.15) is 0 Å². The average molecular weight is 426 g/mol. The van der Waals surface area contributed by atoms with Crippen molar-refractivity contribution in [3.05, 3.63) is 48.6 Å². The predicted molar refractivity (Wildman–Crippen MR) is 123 cm³/mol. The van der Waals surface area contributed by atoms with E-state index >= 15 is 0 Å². The van der Waals surface area contributed by atoms with E-state index in [9.17, 15) is 5.11 Å². The van der Waals surface area contributed by atoms with E-state index in [1.54, 1.807) is 6.08 Å². The molecule has 6 nitrogen and oxygen atoms in total. The highest BCUT2D eigenvalue weighted by Gasteiger charge is 2.34. The number of hydrogen-bond acceptors (Lipinski definition) is 6. The third-order valence-electron chi connectivity index (χ3n) is 6.30. The van der Waals surface area contributed by atoms with Crippen molar-refractivity contribution in [2.45, 2.75) is 51.3 Å². The highest BCUT2D eigenvalue weighted by Crippen LogP contribution is 2.37. The van der Waals surface area contributed by atoms with Crippen LogP contribution in [-0.2, 0) is 11.3 Å². The summed E-state index contributed by atoms with van der Waals surface area (Å²) in [5.41, 5.74) is 3.12. The summed E-state index contributed by atoms with van der Waals surface area (Å²) in [6.45, 7) is 10.1. The zero-order chi connectivity index (χ0) is 21.6. The minimum Gasteiger partial charge on any atom is -0.389 e. The maximum absolute atomic E-state index is 10.5. The molecule has 2 heterocycles. The van der Waals surface area contributed by atoms with E-state index in [1.807, 2.05) is 18.2 Å². The fourth-order valence-electron chi connectivity index (χ4n) is 4.32. The Kier molecular flexibility index (Phi) is 7.43. The van der Waals surface area contributed by atoms with Crippen molar-refractivity contribution in [3.63, 3.8) is 0 Å². The Morgan fingerprint density at radius 3 is 2.68 bits per heavy atom. The topological polar surface area (TPSA) is 62.0 Å². The monoisotopic (exact) mass is 425 g/mol. The molecule has 6 heteroatoms. The van der Waals surface area contributed by atoms with Gasteiger partial charge in [-0.1, -0.05) is 48.5 Å². The first-order valence-electron chi connectivity index (χ1n) is 11.6. The molecule has 1 N–H and O–H groups in total. The van der Waals surface area contributed by atoms with Gasteiger partial charge in [-0.25, -0.2) is 0 Å². The first-order chi connectivity index (χ1) is 15.2. The van der Waals surface area contributed by atoms with Crippen LogP contribution in [0.1, 0.15) is 38.2 Å². The second-order valence-electron chi connectivity index (χ2n) is 8.99. The highest BCUT2D eigenvalue weighted by atomic mass is 16.5. The smallest absolute Gasteiger partial charge is 0.232 e. The molecule has 1 aromatic heterocycles. The lowest BCUT2D eigenvalue weighted by molar-refractivity contribution is 0.0228. The Balaban J connectivity index is 1.56. The van der Waals surface area contributed by atoms with Crippen molar-refractivity contribution in [3.8, 4) is 11.3 Å². The van der Waals surface area contributed by atoms with Gasteiger partial charge in [-0.05, 0) is 31.6 Å². The summed E-state index contributed by atoms with van der Waals surface area (Å²) >= 11 is 0. The van der Waals surface area contributed by atoms with Gasteiger partial charge >= 0.3 is 0 Å². The molecule has 1 aliphatic carbocycles. The van der Waals surface area contributed by atoms with Gasteiger partial charge in [-0.3, -0.25) is 4.90 Å². The molecule has 0 spiro atoms. The summed E-state index contributed by atoms with van der Waals surface area (Å²) in [7, 11) is 0. The van der Waals surface area contributed by atoms with Gasteiger partial charge in [0.15, 0.2) is 0 Å². The Morgan fingerprint density at radius 2 is 2.00 bits per heavy atom. The van der Waals surface area contributed by atoms with Gasteiger partial charge < -0.3 is 19.3 Å². The lowest BCUT2D eigenvalue weighted by atomic mass is 9.98. The quantitative estimate of drug-likeness (QED) is 0.432. The third kappa shape index (κ3) is 5.76. The van der Waals surface area contributed by atoms with Crippen molar-refractivity contribution < 1.29 is 14.4 Å². The van der Waals surface area contributed by atoms with Gasteiger partial charge in [0.2, 0.25) is 5.88 Å². The van der Waals surface area contributed by atoms with E-state index in [2.05, 4.69) is 40.6 Å². The van der Waals surface area contributed by atoms with E-state index < -0.39 is 6.10 Å². The second-order valence-corrected chi connectivity index (χ2v) is 8.99. The van der Waals surface area contributed by atoms with Crippen molar-refractivity contribution in [2.24, 2.45) is 5.92 Å². The molecule has 1 aliphatic heterocycles. The molecule has 1 aromatic carbocycles. The van der Waals surface area contributed by atoms with Crippen LogP contribution in [-0.4, -0.2) is 60.2 Å². The van der Waals surface area contributed by atoms with Gasteiger partial charge in [0.25, 0.3) is 0 Å². The summed E-state index contributed by atoms with van der Waals surface area (Å²) in [5, 5.41) is 15.0. The Morgan fingerprint density at radius 1 is 1.26 bits per heavy atom. The minimum atomic E-state index is -0.528. The van der Waals surface area contributed by atoms with Crippen molar-refractivity contribution >= 4 is 5.88 Å². The summed E-state index contributed by atoms with van der Waals surface area (Å²) in [6.07, 6.45) is 5.87. The van der Waals surface area contributed by atoms with Crippen LogP contribution in [0, 0.1) is 5.92 Å². The average Bonchev–Trinajstić information content (AvgIpc) is 3.55. The SMILES string of the molecule is C=CCOCC(O)CN(Cc1c(-c2ccccc2)noc1N1CCC(C)CC1)C1CC1. The fourth-order valence-corrected chi connectivity index (χ4v) is 4.32. The van der Waals surface area contributed by atoms with E-state index in [0.717, 1.165) is 48.3 Å². The van der Waals surface area contributed by atoms with Crippen molar-refractivity contribution in [1.82, 2.24) is 10.1 Å². The maximum atomic E-state index is 10.5. The molecule has 1 unspecified atom stereocenters. The van der Waals surface area contributed by atoms with E-state index in [4.69, 9.17) is 9.26 Å². The number of piperidine rings is 1. The number of benzene rings is 1. The molecule has 31 heavy (non-hydrogen) atoms. The summed E-state index contributed by atoms with van der Waals surface area (Å²) in [6, 6.07) is 10.8. The number of ether oxygens (including phenoxy) is 1. The van der Waals surface area contributed by atoms with Crippen molar-refractivity contribution in [2.75, 3.05) is 37.7 Å². The lowest BCUT2D eigenvalue weighted by Crippen LogP contribution is -2.37. The van der Waals surface area contributed by atoms with Crippen LogP contribution >= 0.6 is 0 Å². The maximum Gasteiger partial charge on any atom is 0.232 e. The molecule has 0 amide bonds.